The van der Waals surface area contributed by atoms with Crippen molar-refractivity contribution in [3.63, 3.8) is 0 Å². The van der Waals surface area contributed by atoms with E-state index in [0.717, 1.165) is 0 Å². The van der Waals surface area contributed by atoms with Crippen LogP contribution in [-0.4, -0.2) is 23.3 Å². The molecule has 4 atom stereocenters. The summed E-state index contributed by atoms with van der Waals surface area (Å²) in [5, 5.41) is 0. The van der Waals surface area contributed by atoms with E-state index in [9.17, 15) is 4.79 Å². The Labute approximate surface area is 103 Å². The number of hydrogen-bond donors (Lipinski definition) is 0. The largest absolute Gasteiger partial charge is 0.302 e. The Kier molecular flexibility index (Phi) is 2.75. The number of carbonyl (C=O) groups is 1. The van der Waals surface area contributed by atoms with Crippen molar-refractivity contribution in [1.82, 2.24) is 4.90 Å². The Morgan fingerprint density at radius 3 is 2.76 bits per heavy atom. The van der Waals surface area contributed by atoms with Gasteiger partial charge in [-0.3, -0.25) is 4.90 Å². The van der Waals surface area contributed by atoms with Crippen LogP contribution in [0.15, 0.2) is 30.3 Å². The standard InChI is InChI=1S/C15H19NO/c1-11(12-5-3-2-4-6-12)16-14-8-7-13(9-14)15(16)10-17/h2-6,10-11,13-15H,7-9H2,1H3/t11-,13?,14?,15?/m0/s1. The zero-order valence-corrected chi connectivity index (χ0v) is 10.3. The summed E-state index contributed by atoms with van der Waals surface area (Å²) in [5.74, 6) is 0.615. The molecule has 90 valence electrons. The van der Waals surface area contributed by atoms with Gasteiger partial charge in [0.2, 0.25) is 0 Å². The van der Waals surface area contributed by atoms with Gasteiger partial charge in [-0.15, -0.1) is 0 Å². The van der Waals surface area contributed by atoms with E-state index in [-0.39, 0.29) is 6.04 Å². The molecule has 0 aromatic heterocycles. The fourth-order valence-corrected chi connectivity index (χ4v) is 3.72. The predicted molar refractivity (Wildman–Crippen MR) is 67.7 cm³/mol. The van der Waals surface area contributed by atoms with Crippen LogP contribution in [0.2, 0.25) is 0 Å². The van der Waals surface area contributed by atoms with Crippen molar-refractivity contribution in [1.29, 1.82) is 0 Å². The molecular weight excluding hydrogens is 210 g/mol. The van der Waals surface area contributed by atoms with E-state index < -0.39 is 0 Å². The summed E-state index contributed by atoms with van der Waals surface area (Å²) in [6.07, 6.45) is 4.90. The molecular formula is C15H19NO. The van der Waals surface area contributed by atoms with E-state index in [0.29, 0.717) is 18.0 Å². The SMILES string of the molecule is C[C@@H](c1ccccc1)N1C2CCC(C2)C1C=O. The first-order chi connectivity index (χ1) is 8.31. The Morgan fingerprint density at radius 1 is 1.29 bits per heavy atom. The zero-order valence-electron chi connectivity index (χ0n) is 10.3. The molecule has 2 bridgehead atoms. The van der Waals surface area contributed by atoms with Gasteiger partial charge in [0.05, 0.1) is 6.04 Å². The molecule has 1 aliphatic heterocycles. The molecule has 0 spiro atoms. The first kappa shape index (κ1) is 11.0. The van der Waals surface area contributed by atoms with E-state index in [1.54, 1.807) is 0 Å². The minimum Gasteiger partial charge on any atom is -0.302 e. The molecule has 0 radical (unpaired) electrons. The Hall–Kier alpha value is -1.15. The highest BCUT2D eigenvalue weighted by Gasteiger charge is 2.47. The number of aldehydes is 1. The second-order valence-corrected chi connectivity index (χ2v) is 5.39. The number of likely N-dealkylation sites (tertiary alicyclic amines) is 1. The Balaban J connectivity index is 1.86. The summed E-state index contributed by atoms with van der Waals surface area (Å²) >= 11 is 0. The van der Waals surface area contributed by atoms with Gasteiger partial charge in [0.15, 0.2) is 0 Å². The fraction of sp³-hybridized carbons (Fsp3) is 0.533. The number of hydrogen-bond acceptors (Lipinski definition) is 2. The van der Waals surface area contributed by atoms with Gasteiger partial charge in [0, 0.05) is 12.1 Å². The second-order valence-electron chi connectivity index (χ2n) is 5.39. The molecule has 0 amide bonds. The molecule has 1 aliphatic carbocycles. The zero-order chi connectivity index (χ0) is 11.8. The topological polar surface area (TPSA) is 20.3 Å². The van der Waals surface area contributed by atoms with E-state index in [1.165, 1.54) is 31.1 Å². The molecule has 1 heterocycles. The van der Waals surface area contributed by atoms with Gasteiger partial charge >= 0.3 is 0 Å². The third-order valence-corrected chi connectivity index (χ3v) is 4.56. The summed E-state index contributed by atoms with van der Waals surface area (Å²) in [7, 11) is 0. The summed E-state index contributed by atoms with van der Waals surface area (Å²) in [6, 6.07) is 11.7. The van der Waals surface area contributed by atoms with E-state index >= 15 is 0 Å². The van der Waals surface area contributed by atoms with E-state index in [4.69, 9.17) is 0 Å². The molecule has 3 rings (SSSR count). The van der Waals surface area contributed by atoms with Crippen molar-refractivity contribution >= 4 is 6.29 Å². The highest BCUT2D eigenvalue weighted by Crippen LogP contribution is 2.45. The van der Waals surface area contributed by atoms with Gasteiger partial charge in [-0.1, -0.05) is 30.3 Å². The van der Waals surface area contributed by atoms with Crippen molar-refractivity contribution in [2.24, 2.45) is 5.92 Å². The lowest BCUT2D eigenvalue weighted by Crippen LogP contribution is -2.43. The van der Waals surface area contributed by atoms with Gasteiger partial charge in [-0.25, -0.2) is 0 Å². The van der Waals surface area contributed by atoms with Crippen LogP contribution in [0.1, 0.15) is 37.8 Å². The third kappa shape index (κ3) is 1.71. The van der Waals surface area contributed by atoms with Gasteiger partial charge in [-0.05, 0) is 37.7 Å². The third-order valence-electron chi connectivity index (χ3n) is 4.56. The fourth-order valence-electron chi connectivity index (χ4n) is 3.72. The normalized spacial score (nSPS) is 33.8. The van der Waals surface area contributed by atoms with Crippen molar-refractivity contribution in [3.8, 4) is 0 Å². The minimum absolute atomic E-state index is 0.156. The molecule has 2 heteroatoms. The average Bonchev–Trinajstić information content (AvgIpc) is 2.98. The predicted octanol–water partition coefficient (Wildman–Crippen LogP) is 2.80. The summed E-state index contributed by atoms with van der Waals surface area (Å²) < 4.78 is 0. The highest BCUT2D eigenvalue weighted by atomic mass is 16.1. The van der Waals surface area contributed by atoms with E-state index in [2.05, 4.69) is 36.1 Å². The molecule has 2 nitrogen and oxygen atoms in total. The lowest BCUT2D eigenvalue weighted by atomic mass is 9.97. The van der Waals surface area contributed by atoms with Gasteiger partial charge in [0.1, 0.15) is 6.29 Å². The van der Waals surface area contributed by atoms with Crippen molar-refractivity contribution in [3.05, 3.63) is 35.9 Å². The molecule has 1 aromatic carbocycles. The summed E-state index contributed by atoms with van der Waals surface area (Å²) in [5.41, 5.74) is 1.33. The van der Waals surface area contributed by atoms with Gasteiger partial charge in [-0.2, -0.15) is 0 Å². The van der Waals surface area contributed by atoms with Gasteiger partial charge in [0.25, 0.3) is 0 Å². The van der Waals surface area contributed by atoms with Crippen LogP contribution in [0.25, 0.3) is 0 Å². The van der Waals surface area contributed by atoms with Crippen LogP contribution in [0.4, 0.5) is 0 Å². The molecule has 2 fully saturated rings. The van der Waals surface area contributed by atoms with Crippen LogP contribution in [-0.2, 0) is 4.79 Å². The maximum atomic E-state index is 11.3. The molecule has 2 aliphatic rings. The molecule has 3 unspecified atom stereocenters. The maximum absolute atomic E-state index is 11.3. The highest BCUT2D eigenvalue weighted by molar-refractivity contribution is 5.60. The summed E-state index contributed by atoms with van der Waals surface area (Å²) in [4.78, 5) is 13.7. The first-order valence-electron chi connectivity index (χ1n) is 6.59. The number of nitrogens with zero attached hydrogens (tertiary/aromatic N) is 1. The lowest BCUT2D eigenvalue weighted by Gasteiger charge is -2.37. The Morgan fingerprint density at radius 2 is 2.06 bits per heavy atom. The van der Waals surface area contributed by atoms with Crippen LogP contribution in [0.3, 0.4) is 0 Å². The average molecular weight is 229 g/mol. The van der Waals surface area contributed by atoms with Crippen molar-refractivity contribution in [2.75, 3.05) is 0 Å². The first-order valence-corrected chi connectivity index (χ1v) is 6.59. The summed E-state index contributed by atoms with van der Waals surface area (Å²) in [6.45, 7) is 2.23. The van der Waals surface area contributed by atoms with Crippen molar-refractivity contribution in [2.45, 2.75) is 44.3 Å². The van der Waals surface area contributed by atoms with E-state index in [1.807, 2.05) is 6.07 Å². The number of rotatable bonds is 3. The smallest absolute Gasteiger partial charge is 0.137 e. The molecule has 0 N–H and O–H groups in total. The number of carbonyl (C=O) groups excluding carboxylic acids is 1. The maximum Gasteiger partial charge on any atom is 0.137 e. The molecule has 1 saturated heterocycles. The Bertz CT molecular complexity index is 403. The van der Waals surface area contributed by atoms with Gasteiger partial charge < -0.3 is 4.79 Å². The lowest BCUT2D eigenvalue weighted by molar-refractivity contribution is -0.114. The molecule has 1 saturated carbocycles. The number of benzene rings is 1. The van der Waals surface area contributed by atoms with Crippen LogP contribution < -0.4 is 0 Å². The molecule has 1 aromatic rings. The van der Waals surface area contributed by atoms with Crippen molar-refractivity contribution < 1.29 is 4.79 Å². The number of piperidine rings is 1. The minimum atomic E-state index is 0.156. The number of fused-ring (bicyclic) bond motifs is 2. The second kappa shape index (κ2) is 4.26. The van der Waals surface area contributed by atoms with Crippen LogP contribution in [0.5, 0.6) is 0 Å². The molecule has 17 heavy (non-hydrogen) atoms. The quantitative estimate of drug-likeness (QED) is 0.743. The monoisotopic (exact) mass is 229 g/mol. The van der Waals surface area contributed by atoms with Crippen LogP contribution in [0, 0.1) is 5.92 Å². The van der Waals surface area contributed by atoms with Crippen LogP contribution >= 0.6 is 0 Å².